The molecule has 0 aliphatic heterocycles. The second kappa shape index (κ2) is 12.1. The first kappa shape index (κ1) is 31.6. The molecule has 0 fully saturated rings. The molecule has 1 heterocycles. The molecule has 1 aliphatic rings. The highest BCUT2D eigenvalue weighted by Gasteiger charge is 2.37. The van der Waals surface area contributed by atoms with Gasteiger partial charge in [-0.15, -0.1) is 0 Å². The van der Waals surface area contributed by atoms with Gasteiger partial charge in [0.25, 0.3) is 0 Å². The summed E-state index contributed by atoms with van der Waals surface area (Å²) in [6.07, 6.45) is 0. The van der Waals surface area contributed by atoms with Gasteiger partial charge < -0.3 is 9.32 Å². The average Bonchev–Trinajstić information content (AvgIpc) is 3.74. The summed E-state index contributed by atoms with van der Waals surface area (Å²) in [6.45, 7) is 4.71. The van der Waals surface area contributed by atoms with Gasteiger partial charge in [-0.1, -0.05) is 159 Å². The van der Waals surface area contributed by atoms with Crippen molar-refractivity contribution in [1.29, 1.82) is 0 Å². The predicted molar refractivity (Wildman–Crippen MR) is 232 cm³/mol. The lowest BCUT2D eigenvalue weighted by Gasteiger charge is -2.29. The number of fused-ring (bicyclic) bond motifs is 9. The Morgan fingerprint density at radius 2 is 1.07 bits per heavy atom. The molecule has 0 N–H and O–H groups in total. The second-order valence-corrected chi connectivity index (χ2v) is 15.3. The Morgan fingerprint density at radius 3 is 1.95 bits per heavy atom. The van der Waals surface area contributed by atoms with Gasteiger partial charge in [-0.25, -0.2) is 0 Å². The molecule has 2 nitrogen and oxygen atoms in total. The van der Waals surface area contributed by atoms with Crippen molar-refractivity contribution in [2.45, 2.75) is 19.3 Å². The maximum Gasteiger partial charge on any atom is 0.143 e. The Bertz CT molecular complexity index is 3130. The SMILES string of the molecule is CC1(C)c2ccccc2-c2c(-c3ccccc3N(c3ccc(-c4cccc5oc6c7ccccc7ccc6c45)cc3)c3ccc4ccccc4c3)cccc21. The maximum absolute atomic E-state index is 6.55. The average molecular weight is 704 g/mol. The van der Waals surface area contributed by atoms with E-state index in [0.717, 1.165) is 55.5 Å². The van der Waals surface area contributed by atoms with E-state index in [4.69, 9.17) is 4.42 Å². The Hall–Kier alpha value is -6.90. The lowest BCUT2D eigenvalue weighted by atomic mass is 9.82. The summed E-state index contributed by atoms with van der Waals surface area (Å²) in [5, 5.41) is 7.04. The highest BCUT2D eigenvalue weighted by molar-refractivity contribution is 6.19. The monoisotopic (exact) mass is 703 g/mol. The smallest absolute Gasteiger partial charge is 0.143 e. The molecule has 2 heteroatoms. The third-order valence-corrected chi connectivity index (χ3v) is 11.9. The van der Waals surface area contributed by atoms with Crippen molar-refractivity contribution in [2.75, 3.05) is 4.90 Å². The van der Waals surface area contributed by atoms with Gasteiger partial charge in [-0.05, 0) is 97.6 Å². The van der Waals surface area contributed by atoms with E-state index >= 15 is 0 Å². The van der Waals surface area contributed by atoms with Gasteiger partial charge in [0.05, 0.1) is 5.69 Å². The normalized spacial score (nSPS) is 13.1. The van der Waals surface area contributed by atoms with Gasteiger partial charge in [0.15, 0.2) is 0 Å². The van der Waals surface area contributed by atoms with Gasteiger partial charge in [-0.3, -0.25) is 0 Å². The minimum absolute atomic E-state index is 0.0823. The number of anilines is 3. The van der Waals surface area contributed by atoms with Crippen molar-refractivity contribution in [3.8, 4) is 33.4 Å². The minimum atomic E-state index is -0.0823. The van der Waals surface area contributed by atoms with E-state index in [1.165, 1.54) is 49.5 Å². The number of para-hydroxylation sites is 1. The Kier molecular flexibility index (Phi) is 6.93. The molecule has 1 aliphatic carbocycles. The largest absolute Gasteiger partial charge is 0.455 e. The molecule has 260 valence electrons. The molecular weight excluding hydrogens is 667 g/mol. The van der Waals surface area contributed by atoms with Crippen LogP contribution in [0.25, 0.3) is 76.9 Å². The summed E-state index contributed by atoms with van der Waals surface area (Å²) < 4.78 is 6.55. The van der Waals surface area contributed by atoms with Crippen LogP contribution in [-0.4, -0.2) is 0 Å². The third kappa shape index (κ3) is 4.81. The molecule has 0 unspecified atom stereocenters. The quantitative estimate of drug-likeness (QED) is 0.177. The molecule has 9 aromatic carbocycles. The fourth-order valence-electron chi connectivity index (χ4n) is 9.20. The van der Waals surface area contributed by atoms with Crippen LogP contribution >= 0.6 is 0 Å². The minimum Gasteiger partial charge on any atom is -0.455 e. The summed E-state index contributed by atoms with van der Waals surface area (Å²) in [5.41, 5.74) is 15.3. The Balaban J connectivity index is 1.10. The van der Waals surface area contributed by atoms with Crippen molar-refractivity contribution in [3.63, 3.8) is 0 Å². The van der Waals surface area contributed by atoms with Crippen LogP contribution in [-0.2, 0) is 5.41 Å². The number of nitrogens with zero attached hydrogens (tertiary/aromatic N) is 1. The van der Waals surface area contributed by atoms with Crippen LogP contribution in [0.5, 0.6) is 0 Å². The van der Waals surface area contributed by atoms with E-state index in [0.29, 0.717) is 0 Å². The summed E-state index contributed by atoms with van der Waals surface area (Å²) >= 11 is 0. The lowest BCUT2D eigenvalue weighted by Crippen LogP contribution is -2.14. The first-order valence-electron chi connectivity index (χ1n) is 19.1. The fraction of sp³-hybridized carbons (Fsp3) is 0.0566. The molecule has 0 saturated carbocycles. The zero-order chi connectivity index (χ0) is 36.7. The highest BCUT2D eigenvalue weighted by atomic mass is 16.3. The third-order valence-electron chi connectivity index (χ3n) is 11.9. The van der Waals surface area contributed by atoms with Crippen molar-refractivity contribution in [3.05, 3.63) is 199 Å². The summed E-state index contributed by atoms with van der Waals surface area (Å²) in [4.78, 5) is 2.43. The van der Waals surface area contributed by atoms with Gasteiger partial charge in [0.2, 0.25) is 0 Å². The zero-order valence-corrected chi connectivity index (χ0v) is 30.8. The van der Waals surface area contributed by atoms with Crippen molar-refractivity contribution in [1.82, 2.24) is 0 Å². The molecule has 0 bridgehead atoms. The molecule has 0 amide bonds. The van der Waals surface area contributed by atoms with E-state index in [1.54, 1.807) is 0 Å². The van der Waals surface area contributed by atoms with Gasteiger partial charge in [0.1, 0.15) is 11.2 Å². The van der Waals surface area contributed by atoms with Gasteiger partial charge in [0, 0.05) is 38.5 Å². The molecule has 0 radical (unpaired) electrons. The Morgan fingerprint density at radius 1 is 0.436 bits per heavy atom. The molecule has 10 aromatic rings. The van der Waals surface area contributed by atoms with Gasteiger partial charge in [-0.2, -0.15) is 0 Å². The van der Waals surface area contributed by atoms with E-state index in [9.17, 15) is 0 Å². The fourth-order valence-corrected chi connectivity index (χ4v) is 9.20. The van der Waals surface area contributed by atoms with Crippen LogP contribution in [0.2, 0.25) is 0 Å². The molecule has 11 rings (SSSR count). The highest BCUT2D eigenvalue weighted by Crippen LogP contribution is 2.54. The van der Waals surface area contributed by atoms with E-state index < -0.39 is 0 Å². The Labute approximate surface area is 320 Å². The summed E-state index contributed by atoms with van der Waals surface area (Å²) in [7, 11) is 0. The van der Waals surface area contributed by atoms with E-state index in [1.807, 2.05) is 0 Å². The van der Waals surface area contributed by atoms with Crippen molar-refractivity contribution in [2.24, 2.45) is 0 Å². The van der Waals surface area contributed by atoms with Crippen LogP contribution in [0.1, 0.15) is 25.0 Å². The van der Waals surface area contributed by atoms with Crippen molar-refractivity contribution < 1.29 is 4.42 Å². The van der Waals surface area contributed by atoms with E-state index in [-0.39, 0.29) is 5.41 Å². The van der Waals surface area contributed by atoms with Crippen LogP contribution in [0.3, 0.4) is 0 Å². The first-order chi connectivity index (χ1) is 27.0. The number of rotatable bonds is 5. The lowest BCUT2D eigenvalue weighted by molar-refractivity contribution is 0.660. The predicted octanol–water partition coefficient (Wildman–Crippen LogP) is 15.0. The number of furan rings is 1. The van der Waals surface area contributed by atoms with E-state index in [2.05, 4.69) is 207 Å². The molecule has 0 atom stereocenters. The topological polar surface area (TPSA) is 16.4 Å². The number of hydrogen-bond donors (Lipinski definition) is 0. The van der Waals surface area contributed by atoms with Gasteiger partial charge >= 0.3 is 0 Å². The van der Waals surface area contributed by atoms with Crippen LogP contribution in [0.15, 0.2) is 192 Å². The second-order valence-electron chi connectivity index (χ2n) is 15.3. The zero-order valence-electron chi connectivity index (χ0n) is 30.8. The maximum atomic E-state index is 6.55. The number of benzene rings is 9. The molecule has 55 heavy (non-hydrogen) atoms. The molecule has 1 aromatic heterocycles. The number of hydrogen-bond acceptors (Lipinski definition) is 2. The first-order valence-corrected chi connectivity index (χ1v) is 19.1. The molecular formula is C53H37NO. The van der Waals surface area contributed by atoms with Crippen LogP contribution in [0.4, 0.5) is 17.1 Å². The molecule has 0 saturated heterocycles. The van der Waals surface area contributed by atoms with Crippen molar-refractivity contribution >= 4 is 60.5 Å². The summed E-state index contributed by atoms with van der Waals surface area (Å²) in [5.74, 6) is 0. The van der Waals surface area contributed by atoms with Crippen LogP contribution in [0, 0.1) is 0 Å². The standard InChI is InChI=1S/C53H37NO/c1-53(2)46-21-9-7-18-44(46)50-43(20-11-22-47(50)53)42-17-8-10-23-48(42)54(39-31-25-34-13-3-4-15-37(34)33-39)38-29-26-36(27-30-38)40-19-12-24-49-51(40)45-32-28-35-14-5-6-16-41(35)52(45)55-49/h3-33H,1-2H3. The van der Waals surface area contributed by atoms with Crippen LogP contribution < -0.4 is 4.90 Å². The summed E-state index contributed by atoms with van der Waals surface area (Å²) in [6, 6.07) is 68.4. The molecule has 0 spiro atoms.